The number of carbonyl (C=O) groups excluding carboxylic acids is 1. The molecule has 2 aromatic rings. The summed E-state index contributed by atoms with van der Waals surface area (Å²) in [5, 5.41) is 13.9. The number of halogens is 3. The molecule has 0 aromatic heterocycles. The third-order valence-corrected chi connectivity index (χ3v) is 5.16. The number of nitro groups is 1. The lowest BCUT2D eigenvalue weighted by Crippen LogP contribution is -2.53. The molecule has 7 nitrogen and oxygen atoms in total. The zero-order chi connectivity index (χ0) is 21.1. The highest BCUT2D eigenvalue weighted by Crippen LogP contribution is 2.31. The van der Waals surface area contributed by atoms with Gasteiger partial charge in [0.05, 0.1) is 11.0 Å². The topological polar surface area (TPSA) is 78.7 Å². The second kappa shape index (κ2) is 8.71. The Bertz CT molecular complexity index is 915. The van der Waals surface area contributed by atoms with Gasteiger partial charge in [0.15, 0.2) is 0 Å². The van der Waals surface area contributed by atoms with E-state index in [2.05, 4.69) is 5.32 Å². The number of nitrogens with one attached hydrogen (secondary N) is 1. The number of benzene rings is 2. The van der Waals surface area contributed by atoms with Gasteiger partial charge in [-0.3, -0.25) is 19.8 Å². The highest BCUT2D eigenvalue weighted by Gasteiger charge is 2.29. The van der Waals surface area contributed by atoms with Crippen molar-refractivity contribution in [2.45, 2.75) is 13.0 Å². The number of hydrogen-bond donors (Lipinski definition) is 1. The van der Waals surface area contributed by atoms with Crippen molar-refractivity contribution in [1.29, 1.82) is 0 Å². The van der Waals surface area contributed by atoms with Crippen LogP contribution >= 0.6 is 11.6 Å². The molecule has 3 rings (SSSR count). The van der Waals surface area contributed by atoms with Crippen LogP contribution in [0.4, 0.5) is 25.8 Å². The first kappa shape index (κ1) is 20.9. The molecule has 1 aliphatic rings. The van der Waals surface area contributed by atoms with Gasteiger partial charge in [-0.05, 0) is 31.2 Å². The molecule has 1 unspecified atom stereocenters. The van der Waals surface area contributed by atoms with Crippen molar-refractivity contribution in [3.05, 3.63) is 63.2 Å². The molecule has 1 atom stereocenters. The average molecular weight is 425 g/mol. The quantitative estimate of drug-likeness (QED) is 0.585. The van der Waals surface area contributed by atoms with E-state index >= 15 is 0 Å². The summed E-state index contributed by atoms with van der Waals surface area (Å²) in [6, 6.07) is 7.24. The molecule has 1 N–H and O–H groups in total. The molecule has 29 heavy (non-hydrogen) atoms. The van der Waals surface area contributed by atoms with Gasteiger partial charge in [-0.25, -0.2) is 8.78 Å². The maximum Gasteiger partial charge on any atom is 0.294 e. The summed E-state index contributed by atoms with van der Waals surface area (Å²) in [5.74, 6) is -2.21. The first-order chi connectivity index (χ1) is 13.8. The second-order valence-corrected chi connectivity index (χ2v) is 7.11. The first-order valence-corrected chi connectivity index (χ1v) is 9.33. The molecule has 0 saturated carbocycles. The van der Waals surface area contributed by atoms with E-state index < -0.39 is 34.2 Å². The minimum absolute atomic E-state index is 0.0771. The monoisotopic (exact) mass is 424 g/mol. The fourth-order valence-electron chi connectivity index (χ4n) is 3.27. The minimum Gasteiger partial charge on any atom is -0.363 e. The third kappa shape index (κ3) is 4.63. The van der Waals surface area contributed by atoms with Crippen LogP contribution in [0.1, 0.15) is 6.92 Å². The zero-order valence-electron chi connectivity index (χ0n) is 15.6. The van der Waals surface area contributed by atoms with Gasteiger partial charge >= 0.3 is 0 Å². The summed E-state index contributed by atoms with van der Waals surface area (Å²) in [4.78, 5) is 27.0. The summed E-state index contributed by atoms with van der Waals surface area (Å²) in [5.41, 5.74) is -0.0869. The molecule has 1 heterocycles. The van der Waals surface area contributed by atoms with Crippen LogP contribution in [0, 0.1) is 21.7 Å². The normalized spacial score (nSPS) is 15.8. The Hall–Kier alpha value is -2.78. The smallest absolute Gasteiger partial charge is 0.294 e. The van der Waals surface area contributed by atoms with E-state index in [0.717, 1.165) is 12.1 Å². The van der Waals surface area contributed by atoms with Crippen LogP contribution in [0.2, 0.25) is 5.02 Å². The number of nitrogens with zero attached hydrogens (tertiary/aromatic N) is 3. The third-order valence-electron chi connectivity index (χ3n) is 4.93. The summed E-state index contributed by atoms with van der Waals surface area (Å²) < 4.78 is 27.5. The Kier molecular flexibility index (Phi) is 6.29. The molecule has 1 amide bonds. The number of rotatable bonds is 5. The van der Waals surface area contributed by atoms with Gasteiger partial charge in [0, 0.05) is 37.3 Å². The molecule has 0 aliphatic carbocycles. The van der Waals surface area contributed by atoms with Gasteiger partial charge < -0.3 is 10.2 Å². The lowest BCUT2D eigenvalue weighted by Gasteiger charge is -2.38. The number of amides is 1. The predicted octanol–water partition coefficient (Wildman–Crippen LogP) is 3.68. The van der Waals surface area contributed by atoms with E-state index in [1.54, 1.807) is 19.1 Å². The van der Waals surface area contributed by atoms with Crippen LogP contribution < -0.4 is 10.2 Å². The number of anilines is 2. The van der Waals surface area contributed by atoms with Crippen molar-refractivity contribution in [3.8, 4) is 0 Å². The van der Waals surface area contributed by atoms with Gasteiger partial charge in [0.2, 0.25) is 5.91 Å². The van der Waals surface area contributed by atoms with E-state index in [1.165, 1.54) is 12.1 Å². The fraction of sp³-hybridized carbons (Fsp3) is 0.316. The molecular weight excluding hydrogens is 406 g/mol. The van der Waals surface area contributed by atoms with Gasteiger partial charge in [-0.1, -0.05) is 17.7 Å². The Morgan fingerprint density at radius 1 is 1.17 bits per heavy atom. The van der Waals surface area contributed by atoms with E-state index in [1.807, 2.05) is 9.80 Å². The van der Waals surface area contributed by atoms with Gasteiger partial charge in [-0.15, -0.1) is 0 Å². The molecule has 10 heteroatoms. The fourth-order valence-corrected chi connectivity index (χ4v) is 3.44. The Balaban J connectivity index is 1.65. The molecule has 1 fully saturated rings. The number of nitro benzene ring substituents is 1. The molecular formula is C19H19ClF2N4O3. The van der Waals surface area contributed by atoms with Crippen molar-refractivity contribution in [2.75, 3.05) is 36.4 Å². The van der Waals surface area contributed by atoms with Gasteiger partial charge in [0.1, 0.15) is 23.0 Å². The molecule has 0 spiro atoms. The Morgan fingerprint density at radius 3 is 2.38 bits per heavy atom. The molecule has 1 aliphatic heterocycles. The van der Waals surface area contributed by atoms with Crippen molar-refractivity contribution < 1.29 is 18.5 Å². The average Bonchev–Trinajstić information content (AvgIpc) is 2.70. The van der Waals surface area contributed by atoms with Crippen molar-refractivity contribution >= 4 is 34.6 Å². The maximum atomic E-state index is 13.7. The molecule has 154 valence electrons. The van der Waals surface area contributed by atoms with Crippen LogP contribution in [-0.2, 0) is 4.79 Å². The molecule has 2 aromatic carbocycles. The van der Waals surface area contributed by atoms with Crippen LogP contribution in [0.5, 0.6) is 0 Å². The minimum atomic E-state index is -0.842. The highest BCUT2D eigenvalue weighted by molar-refractivity contribution is 6.30. The van der Waals surface area contributed by atoms with Gasteiger partial charge in [-0.2, -0.15) is 0 Å². The standard InChI is InChI=1S/C19H19ClF2N4O3/c1-12(19(27)23-18-14(21)3-2-4-15(18)22)24-7-9-25(10-8-24)16-6-5-13(20)11-17(16)26(28)29/h2-6,11-12H,7-10H2,1H3,(H,23,27). The summed E-state index contributed by atoms with van der Waals surface area (Å²) in [6.07, 6.45) is 0. The van der Waals surface area contributed by atoms with Crippen LogP contribution in [0.3, 0.4) is 0 Å². The Labute approximate surface area is 171 Å². The van der Waals surface area contributed by atoms with E-state index in [-0.39, 0.29) is 10.7 Å². The number of para-hydroxylation sites is 1. The van der Waals surface area contributed by atoms with E-state index in [4.69, 9.17) is 11.6 Å². The second-order valence-electron chi connectivity index (χ2n) is 6.68. The first-order valence-electron chi connectivity index (χ1n) is 8.95. The number of hydrogen-bond acceptors (Lipinski definition) is 5. The lowest BCUT2D eigenvalue weighted by atomic mass is 10.1. The van der Waals surface area contributed by atoms with Crippen LogP contribution in [0.25, 0.3) is 0 Å². The van der Waals surface area contributed by atoms with Crippen molar-refractivity contribution in [1.82, 2.24) is 4.90 Å². The molecule has 0 radical (unpaired) electrons. The van der Waals surface area contributed by atoms with E-state index in [0.29, 0.717) is 31.9 Å². The number of piperazine rings is 1. The summed E-state index contributed by atoms with van der Waals surface area (Å²) >= 11 is 5.86. The SMILES string of the molecule is CC(C(=O)Nc1c(F)cccc1F)N1CCN(c2ccc(Cl)cc2[N+](=O)[O-])CC1. The maximum absolute atomic E-state index is 13.7. The Morgan fingerprint density at radius 2 is 1.79 bits per heavy atom. The van der Waals surface area contributed by atoms with Crippen LogP contribution in [-0.4, -0.2) is 48.0 Å². The van der Waals surface area contributed by atoms with Crippen molar-refractivity contribution in [2.24, 2.45) is 0 Å². The molecule has 1 saturated heterocycles. The number of carbonyl (C=O) groups is 1. The largest absolute Gasteiger partial charge is 0.363 e. The zero-order valence-corrected chi connectivity index (χ0v) is 16.3. The van der Waals surface area contributed by atoms with E-state index in [9.17, 15) is 23.7 Å². The summed E-state index contributed by atoms with van der Waals surface area (Å²) in [7, 11) is 0. The van der Waals surface area contributed by atoms with Crippen LogP contribution in [0.15, 0.2) is 36.4 Å². The highest BCUT2D eigenvalue weighted by atomic mass is 35.5. The lowest BCUT2D eigenvalue weighted by molar-refractivity contribution is -0.384. The van der Waals surface area contributed by atoms with Crippen molar-refractivity contribution in [3.63, 3.8) is 0 Å². The summed E-state index contributed by atoms with van der Waals surface area (Å²) in [6.45, 7) is 3.46. The van der Waals surface area contributed by atoms with Gasteiger partial charge in [0.25, 0.3) is 5.69 Å². The molecule has 0 bridgehead atoms. The predicted molar refractivity (Wildman–Crippen MR) is 106 cm³/mol.